The zero-order valence-corrected chi connectivity index (χ0v) is 12.5. The predicted octanol–water partition coefficient (Wildman–Crippen LogP) is 3.49. The molecule has 0 amide bonds. The first-order valence-electron chi connectivity index (χ1n) is 7.23. The second kappa shape index (κ2) is 5.53. The van der Waals surface area contributed by atoms with Crippen LogP contribution in [0.3, 0.4) is 0 Å². The molecule has 2 aromatic carbocycles. The average molecular weight is 302 g/mol. The maximum atomic E-state index is 5.18. The third-order valence-corrected chi connectivity index (χ3v) is 3.71. The van der Waals surface area contributed by atoms with E-state index in [-0.39, 0.29) is 0 Å². The highest BCUT2D eigenvalue weighted by molar-refractivity contribution is 5.81. The van der Waals surface area contributed by atoms with Crippen LogP contribution in [0.1, 0.15) is 0 Å². The standard InChI is InChI=1S/C18H14N4O/c1-23-16-5-2-13(3-6-16)18-20-11-14-10-15(4-7-17(14)21-18)22-9-8-19-12-22/h2-12H,1H3. The first-order valence-corrected chi connectivity index (χ1v) is 7.23. The molecule has 0 fully saturated rings. The van der Waals surface area contributed by atoms with Crippen molar-refractivity contribution in [3.63, 3.8) is 0 Å². The van der Waals surface area contributed by atoms with E-state index in [1.54, 1.807) is 19.6 Å². The van der Waals surface area contributed by atoms with E-state index >= 15 is 0 Å². The van der Waals surface area contributed by atoms with Gasteiger partial charge in [0.1, 0.15) is 5.75 Å². The van der Waals surface area contributed by atoms with E-state index in [0.29, 0.717) is 5.82 Å². The predicted molar refractivity (Wildman–Crippen MR) is 88.6 cm³/mol. The topological polar surface area (TPSA) is 52.8 Å². The van der Waals surface area contributed by atoms with Gasteiger partial charge >= 0.3 is 0 Å². The van der Waals surface area contributed by atoms with E-state index in [9.17, 15) is 0 Å². The van der Waals surface area contributed by atoms with Gasteiger partial charge in [-0.3, -0.25) is 0 Å². The summed E-state index contributed by atoms with van der Waals surface area (Å²) >= 11 is 0. The van der Waals surface area contributed by atoms with Gasteiger partial charge in [0, 0.05) is 35.2 Å². The van der Waals surface area contributed by atoms with Crippen molar-refractivity contribution in [2.45, 2.75) is 0 Å². The van der Waals surface area contributed by atoms with Gasteiger partial charge in [-0.25, -0.2) is 15.0 Å². The van der Waals surface area contributed by atoms with Crippen LogP contribution in [0.2, 0.25) is 0 Å². The van der Waals surface area contributed by atoms with Crippen molar-refractivity contribution in [2.24, 2.45) is 0 Å². The summed E-state index contributed by atoms with van der Waals surface area (Å²) in [5.41, 5.74) is 2.91. The maximum Gasteiger partial charge on any atom is 0.159 e. The number of imidazole rings is 1. The highest BCUT2D eigenvalue weighted by Gasteiger charge is 2.05. The summed E-state index contributed by atoms with van der Waals surface area (Å²) in [6.45, 7) is 0. The molecular formula is C18H14N4O. The third kappa shape index (κ3) is 2.53. The van der Waals surface area contributed by atoms with Crippen molar-refractivity contribution in [1.82, 2.24) is 19.5 Å². The molecular weight excluding hydrogens is 288 g/mol. The van der Waals surface area contributed by atoms with Crippen LogP contribution in [0.5, 0.6) is 5.75 Å². The molecule has 4 aromatic rings. The number of fused-ring (bicyclic) bond motifs is 1. The van der Waals surface area contributed by atoms with Crippen LogP contribution in [-0.2, 0) is 0 Å². The molecule has 0 N–H and O–H groups in total. The van der Waals surface area contributed by atoms with Crippen LogP contribution in [0.25, 0.3) is 28.0 Å². The Balaban J connectivity index is 1.74. The van der Waals surface area contributed by atoms with Crippen molar-refractivity contribution >= 4 is 10.9 Å². The lowest BCUT2D eigenvalue weighted by Crippen LogP contribution is -1.93. The lowest BCUT2D eigenvalue weighted by atomic mass is 10.2. The number of aromatic nitrogens is 4. The number of ether oxygens (including phenoxy) is 1. The monoisotopic (exact) mass is 302 g/mol. The fraction of sp³-hybridized carbons (Fsp3) is 0.0556. The molecule has 0 spiro atoms. The lowest BCUT2D eigenvalue weighted by Gasteiger charge is -2.06. The van der Waals surface area contributed by atoms with Crippen molar-refractivity contribution in [3.8, 4) is 22.8 Å². The molecule has 2 heterocycles. The first-order chi connectivity index (χ1) is 11.3. The summed E-state index contributed by atoms with van der Waals surface area (Å²) in [6.07, 6.45) is 7.29. The Labute approximate surface area is 133 Å². The zero-order valence-electron chi connectivity index (χ0n) is 12.5. The van der Waals surface area contributed by atoms with Crippen LogP contribution in [-0.4, -0.2) is 26.6 Å². The second-order valence-electron chi connectivity index (χ2n) is 5.14. The molecule has 112 valence electrons. The van der Waals surface area contributed by atoms with Gasteiger partial charge in [-0.2, -0.15) is 0 Å². The second-order valence-corrected chi connectivity index (χ2v) is 5.14. The van der Waals surface area contributed by atoms with Crippen molar-refractivity contribution < 1.29 is 4.74 Å². The largest absolute Gasteiger partial charge is 0.497 e. The zero-order chi connectivity index (χ0) is 15.6. The van der Waals surface area contributed by atoms with E-state index in [1.807, 2.05) is 53.4 Å². The Hall–Kier alpha value is -3.21. The number of benzene rings is 2. The van der Waals surface area contributed by atoms with Crippen LogP contribution >= 0.6 is 0 Å². The number of hydrogen-bond acceptors (Lipinski definition) is 4. The van der Waals surface area contributed by atoms with Gasteiger partial charge in [-0.15, -0.1) is 0 Å². The van der Waals surface area contributed by atoms with Gasteiger partial charge in [0.05, 0.1) is 19.0 Å². The average Bonchev–Trinajstić information content (AvgIpc) is 3.15. The summed E-state index contributed by atoms with van der Waals surface area (Å²) in [5.74, 6) is 1.52. The third-order valence-electron chi connectivity index (χ3n) is 3.71. The molecule has 0 atom stereocenters. The fourth-order valence-corrected chi connectivity index (χ4v) is 2.47. The molecule has 4 rings (SSSR count). The summed E-state index contributed by atoms with van der Waals surface area (Å²) < 4.78 is 7.13. The smallest absolute Gasteiger partial charge is 0.159 e. The molecule has 5 nitrogen and oxygen atoms in total. The highest BCUT2D eigenvalue weighted by Crippen LogP contribution is 2.22. The number of hydrogen-bond donors (Lipinski definition) is 0. The molecule has 0 saturated heterocycles. The van der Waals surface area contributed by atoms with Crippen molar-refractivity contribution in [1.29, 1.82) is 0 Å². The molecule has 0 aliphatic carbocycles. The minimum absolute atomic E-state index is 0.704. The molecule has 23 heavy (non-hydrogen) atoms. The molecule has 0 aliphatic rings. The van der Waals surface area contributed by atoms with Crippen molar-refractivity contribution in [2.75, 3.05) is 7.11 Å². The Morgan fingerprint density at radius 2 is 1.91 bits per heavy atom. The van der Waals surface area contributed by atoms with Gasteiger partial charge in [0.25, 0.3) is 0 Å². The Kier molecular flexibility index (Phi) is 3.24. The molecule has 2 aromatic heterocycles. The minimum atomic E-state index is 0.704. The van der Waals surface area contributed by atoms with E-state index in [2.05, 4.69) is 21.0 Å². The van der Waals surface area contributed by atoms with Crippen molar-refractivity contribution in [3.05, 3.63) is 67.4 Å². The number of nitrogens with zero attached hydrogens (tertiary/aromatic N) is 4. The molecule has 5 heteroatoms. The summed E-state index contributed by atoms with van der Waals surface area (Å²) in [6, 6.07) is 13.8. The van der Waals surface area contributed by atoms with Gasteiger partial charge < -0.3 is 9.30 Å². The highest BCUT2D eigenvalue weighted by atomic mass is 16.5. The number of rotatable bonds is 3. The van der Waals surface area contributed by atoms with Crippen LogP contribution in [0.4, 0.5) is 0 Å². The quantitative estimate of drug-likeness (QED) is 0.581. The van der Waals surface area contributed by atoms with E-state index < -0.39 is 0 Å². The van der Waals surface area contributed by atoms with Crippen LogP contribution in [0, 0.1) is 0 Å². The Morgan fingerprint density at radius 3 is 2.65 bits per heavy atom. The first kappa shape index (κ1) is 13.5. The molecule has 0 radical (unpaired) electrons. The molecule has 0 saturated carbocycles. The van der Waals surface area contributed by atoms with Gasteiger partial charge in [-0.05, 0) is 42.5 Å². The van der Waals surface area contributed by atoms with E-state index in [4.69, 9.17) is 4.74 Å². The summed E-state index contributed by atoms with van der Waals surface area (Å²) in [7, 11) is 1.65. The van der Waals surface area contributed by atoms with Gasteiger partial charge in [-0.1, -0.05) is 0 Å². The van der Waals surface area contributed by atoms with Gasteiger partial charge in [0.2, 0.25) is 0 Å². The Bertz CT molecular complexity index is 947. The lowest BCUT2D eigenvalue weighted by molar-refractivity contribution is 0.415. The normalized spacial score (nSPS) is 10.8. The summed E-state index contributed by atoms with van der Waals surface area (Å²) in [5, 5.41) is 0.994. The molecule has 0 unspecified atom stereocenters. The molecule has 0 aliphatic heterocycles. The van der Waals surface area contributed by atoms with Crippen LogP contribution in [0.15, 0.2) is 67.4 Å². The SMILES string of the molecule is COc1ccc(-c2ncc3cc(-n4ccnc4)ccc3n2)cc1. The molecule has 0 bridgehead atoms. The minimum Gasteiger partial charge on any atom is -0.497 e. The van der Waals surface area contributed by atoms with E-state index in [1.165, 1.54) is 0 Å². The van der Waals surface area contributed by atoms with Gasteiger partial charge in [0.15, 0.2) is 5.82 Å². The number of methoxy groups -OCH3 is 1. The fourth-order valence-electron chi connectivity index (χ4n) is 2.47. The van der Waals surface area contributed by atoms with E-state index in [0.717, 1.165) is 27.9 Å². The summed E-state index contributed by atoms with van der Waals surface area (Å²) in [4.78, 5) is 13.2. The van der Waals surface area contributed by atoms with Crippen LogP contribution < -0.4 is 4.74 Å². The maximum absolute atomic E-state index is 5.18. The Morgan fingerprint density at radius 1 is 1.04 bits per heavy atom.